The number of aliphatic carboxylic acids is 1. The largest absolute Gasteiger partial charge is 0.480 e. The van der Waals surface area contributed by atoms with Gasteiger partial charge < -0.3 is 14.4 Å². The fourth-order valence-electron chi connectivity index (χ4n) is 1.89. The molecule has 0 aliphatic carbocycles. The third kappa shape index (κ3) is 3.71. The van der Waals surface area contributed by atoms with Crippen LogP contribution in [0.25, 0.3) is 11.0 Å². The molecular formula is C14H17N3O4. The highest BCUT2D eigenvalue weighted by molar-refractivity contribution is 5.98. The van der Waals surface area contributed by atoms with E-state index in [9.17, 15) is 9.59 Å². The van der Waals surface area contributed by atoms with E-state index in [4.69, 9.17) is 9.84 Å². The van der Waals surface area contributed by atoms with E-state index in [0.29, 0.717) is 16.7 Å². The van der Waals surface area contributed by atoms with Gasteiger partial charge in [-0.1, -0.05) is 0 Å². The summed E-state index contributed by atoms with van der Waals surface area (Å²) in [5.41, 5.74) is 0.426. The Morgan fingerprint density at radius 3 is 2.71 bits per heavy atom. The van der Waals surface area contributed by atoms with Crippen LogP contribution in [-0.4, -0.2) is 32.3 Å². The topological polar surface area (TPSA) is 93.5 Å². The summed E-state index contributed by atoms with van der Waals surface area (Å²) in [7, 11) is 0. The number of carboxylic acids is 1. The fraction of sp³-hybridized carbons (Fsp3) is 0.357. The van der Waals surface area contributed by atoms with E-state index in [2.05, 4.69) is 10.3 Å². The highest BCUT2D eigenvalue weighted by Gasteiger charge is 2.17. The highest BCUT2D eigenvalue weighted by Crippen LogP contribution is 2.23. The van der Waals surface area contributed by atoms with Crippen LogP contribution in [0.3, 0.4) is 0 Å². The number of hydrogen-bond donors (Lipinski definition) is 2. The third-order valence-corrected chi connectivity index (χ3v) is 2.60. The highest BCUT2D eigenvalue weighted by atomic mass is 16.6. The minimum atomic E-state index is -0.959. The molecule has 2 aromatic heterocycles. The Balaban J connectivity index is 2.27. The lowest BCUT2D eigenvalue weighted by Crippen LogP contribution is -2.27. The molecule has 7 heteroatoms. The molecule has 2 aromatic rings. The number of aromatic nitrogens is 2. The van der Waals surface area contributed by atoms with Crippen molar-refractivity contribution in [2.45, 2.75) is 32.9 Å². The van der Waals surface area contributed by atoms with Crippen LogP contribution in [0, 0.1) is 0 Å². The first kappa shape index (κ1) is 14.8. The summed E-state index contributed by atoms with van der Waals surface area (Å²) < 4.78 is 6.69. The SMILES string of the molecule is CC(C)(C)OC(=O)Nc1ccnc2c1ccn2CC(=O)O. The van der Waals surface area contributed by atoms with E-state index in [-0.39, 0.29) is 6.54 Å². The van der Waals surface area contributed by atoms with Crippen molar-refractivity contribution in [3.63, 3.8) is 0 Å². The van der Waals surface area contributed by atoms with Crippen LogP contribution in [0.5, 0.6) is 0 Å². The molecule has 0 atom stereocenters. The number of anilines is 1. The van der Waals surface area contributed by atoms with Crippen LogP contribution in [0.4, 0.5) is 10.5 Å². The Morgan fingerprint density at radius 2 is 2.10 bits per heavy atom. The normalized spacial score (nSPS) is 11.4. The second-order valence-electron chi connectivity index (χ2n) is 5.56. The standard InChI is InChI=1S/C14H17N3O4/c1-14(2,3)21-13(20)16-10-4-6-15-12-9(10)5-7-17(12)8-11(18)19/h4-7H,8H2,1-3H3,(H,18,19)(H,15,16,20). The zero-order valence-corrected chi connectivity index (χ0v) is 12.1. The number of amides is 1. The molecule has 0 fully saturated rings. The number of ether oxygens (including phenoxy) is 1. The predicted molar refractivity (Wildman–Crippen MR) is 77.2 cm³/mol. The summed E-state index contributed by atoms with van der Waals surface area (Å²) >= 11 is 0. The summed E-state index contributed by atoms with van der Waals surface area (Å²) in [5, 5.41) is 12.2. The number of rotatable bonds is 3. The van der Waals surface area contributed by atoms with E-state index in [1.807, 2.05) is 0 Å². The number of nitrogens with one attached hydrogen (secondary N) is 1. The molecule has 7 nitrogen and oxygen atoms in total. The van der Waals surface area contributed by atoms with E-state index >= 15 is 0 Å². The average molecular weight is 291 g/mol. The van der Waals surface area contributed by atoms with Gasteiger partial charge >= 0.3 is 12.1 Å². The molecule has 1 amide bonds. The van der Waals surface area contributed by atoms with E-state index in [1.54, 1.807) is 39.1 Å². The first-order valence-corrected chi connectivity index (χ1v) is 6.42. The molecule has 0 aliphatic rings. The fourth-order valence-corrected chi connectivity index (χ4v) is 1.89. The lowest BCUT2D eigenvalue weighted by atomic mass is 10.2. The third-order valence-electron chi connectivity index (χ3n) is 2.60. The summed E-state index contributed by atoms with van der Waals surface area (Å²) in [4.78, 5) is 26.7. The lowest BCUT2D eigenvalue weighted by molar-refractivity contribution is -0.137. The molecule has 0 spiro atoms. The second-order valence-corrected chi connectivity index (χ2v) is 5.56. The van der Waals surface area contributed by atoms with Crippen molar-refractivity contribution >= 4 is 28.8 Å². The number of carbonyl (C=O) groups is 2. The van der Waals surface area contributed by atoms with Crippen molar-refractivity contribution in [3.8, 4) is 0 Å². The molecule has 0 radical (unpaired) electrons. The molecule has 2 heterocycles. The number of carboxylic acid groups (broad SMARTS) is 1. The molecule has 2 N–H and O–H groups in total. The minimum Gasteiger partial charge on any atom is -0.480 e. The van der Waals surface area contributed by atoms with Gasteiger partial charge in [0.15, 0.2) is 0 Å². The number of nitrogens with zero attached hydrogens (tertiary/aromatic N) is 2. The lowest BCUT2D eigenvalue weighted by Gasteiger charge is -2.19. The van der Waals surface area contributed by atoms with Gasteiger partial charge in [0.05, 0.1) is 5.69 Å². The van der Waals surface area contributed by atoms with Crippen molar-refractivity contribution in [2.24, 2.45) is 0 Å². The Morgan fingerprint density at radius 1 is 1.38 bits per heavy atom. The van der Waals surface area contributed by atoms with Gasteiger partial charge in [-0.25, -0.2) is 9.78 Å². The molecule has 0 saturated carbocycles. The molecule has 0 aliphatic heterocycles. The van der Waals surface area contributed by atoms with Gasteiger partial charge in [-0.3, -0.25) is 10.1 Å². The molecule has 2 rings (SSSR count). The van der Waals surface area contributed by atoms with Crippen molar-refractivity contribution in [3.05, 3.63) is 24.5 Å². The van der Waals surface area contributed by atoms with Gasteiger partial charge in [-0.15, -0.1) is 0 Å². The van der Waals surface area contributed by atoms with Gasteiger partial charge in [0, 0.05) is 17.8 Å². The monoisotopic (exact) mass is 291 g/mol. The molecule has 0 bridgehead atoms. The smallest absolute Gasteiger partial charge is 0.412 e. The van der Waals surface area contributed by atoms with Crippen molar-refractivity contribution in [2.75, 3.05) is 5.32 Å². The van der Waals surface area contributed by atoms with Gasteiger partial charge in [0.2, 0.25) is 0 Å². The maximum Gasteiger partial charge on any atom is 0.412 e. The van der Waals surface area contributed by atoms with E-state index in [0.717, 1.165) is 0 Å². The first-order valence-electron chi connectivity index (χ1n) is 6.42. The number of hydrogen-bond acceptors (Lipinski definition) is 4. The molecule has 0 unspecified atom stereocenters. The molecule has 0 saturated heterocycles. The van der Waals surface area contributed by atoms with Gasteiger partial charge in [0.25, 0.3) is 0 Å². The number of fused-ring (bicyclic) bond motifs is 1. The van der Waals surface area contributed by atoms with Crippen LogP contribution in [-0.2, 0) is 16.1 Å². The van der Waals surface area contributed by atoms with Crippen LogP contribution < -0.4 is 5.32 Å². The van der Waals surface area contributed by atoms with Gasteiger partial charge in [-0.2, -0.15) is 0 Å². The molecule has 112 valence electrons. The number of carbonyl (C=O) groups excluding carboxylic acids is 1. The minimum absolute atomic E-state index is 0.188. The maximum atomic E-state index is 11.8. The van der Waals surface area contributed by atoms with Crippen molar-refractivity contribution in [1.29, 1.82) is 0 Å². The Hall–Kier alpha value is -2.57. The summed E-state index contributed by atoms with van der Waals surface area (Å²) in [6.07, 6.45) is 2.56. The first-order chi connectivity index (χ1) is 9.76. The quantitative estimate of drug-likeness (QED) is 0.906. The summed E-state index contributed by atoms with van der Waals surface area (Å²) in [6.45, 7) is 5.14. The predicted octanol–water partition coefficient (Wildman–Crippen LogP) is 2.47. The van der Waals surface area contributed by atoms with Crippen molar-refractivity contribution in [1.82, 2.24) is 9.55 Å². The Bertz CT molecular complexity index is 685. The maximum absolute atomic E-state index is 11.8. The van der Waals surface area contributed by atoms with Gasteiger partial charge in [0.1, 0.15) is 17.8 Å². The van der Waals surface area contributed by atoms with Crippen molar-refractivity contribution < 1.29 is 19.4 Å². The summed E-state index contributed by atoms with van der Waals surface area (Å²) in [5.74, 6) is -0.959. The van der Waals surface area contributed by atoms with E-state index in [1.165, 1.54) is 10.8 Å². The van der Waals surface area contributed by atoms with Crippen LogP contribution in [0.1, 0.15) is 20.8 Å². The zero-order valence-electron chi connectivity index (χ0n) is 12.1. The average Bonchev–Trinajstić information content (AvgIpc) is 2.70. The molecule has 0 aromatic carbocycles. The molecule has 21 heavy (non-hydrogen) atoms. The molecular weight excluding hydrogens is 274 g/mol. The second kappa shape index (κ2) is 5.43. The van der Waals surface area contributed by atoms with E-state index < -0.39 is 17.7 Å². The van der Waals surface area contributed by atoms with Crippen LogP contribution >= 0.6 is 0 Å². The number of pyridine rings is 1. The van der Waals surface area contributed by atoms with Gasteiger partial charge in [-0.05, 0) is 32.9 Å². The zero-order chi connectivity index (χ0) is 15.6. The Kier molecular flexibility index (Phi) is 3.84. The van der Waals surface area contributed by atoms with Crippen LogP contribution in [0.15, 0.2) is 24.5 Å². The summed E-state index contributed by atoms with van der Waals surface area (Å²) in [6, 6.07) is 3.34. The Labute approximate surface area is 121 Å². The van der Waals surface area contributed by atoms with Crippen LogP contribution in [0.2, 0.25) is 0 Å².